The highest BCUT2D eigenvalue weighted by Gasteiger charge is 2.24. The van der Waals surface area contributed by atoms with E-state index in [-0.39, 0.29) is 6.79 Å². The molecule has 0 amide bonds. The lowest BCUT2D eigenvalue weighted by molar-refractivity contribution is 0.171. The van der Waals surface area contributed by atoms with E-state index in [1.165, 1.54) is 7.11 Å². The van der Waals surface area contributed by atoms with E-state index in [2.05, 4.69) is 4.98 Å². The fourth-order valence-corrected chi connectivity index (χ4v) is 2.31. The van der Waals surface area contributed by atoms with Crippen LogP contribution >= 0.6 is 0 Å². The molecular formula is C15H16N2O4. The van der Waals surface area contributed by atoms with Gasteiger partial charge in [0.1, 0.15) is 11.9 Å². The van der Waals surface area contributed by atoms with Crippen LogP contribution in [0.5, 0.6) is 17.2 Å². The number of nitrogen functional groups attached to an aromatic ring is 1. The second kappa shape index (κ2) is 5.14. The minimum Gasteiger partial charge on any atom is -0.493 e. The van der Waals surface area contributed by atoms with Gasteiger partial charge in [-0.15, -0.1) is 0 Å². The van der Waals surface area contributed by atoms with Crippen LogP contribution in [0.15, 0.2) is 24.4 Å². The van der Waals surface area contributed by atoms with Crippen molar-refractivity contribution in [1.29, 1.82) is 0 Å². The molecule has 0 saturated heterocycles. The smallest absolute Gasteiger partial charge is 0.231 e. The molecule has 3 N–H and O–H groups in total. The molecule has 1 aliphatic rings. The van der Waals surface area contributed by atoms with E-state index < -0.39 is 6.10 Å². The second-order valence-electron chi connectivity index (χ2n) is 4.85. The number of hydrogen-bond donors (Lipinski definition) is 2. The van der Waals surface area contributed by atoms with Crippen LogP contribution in [0.1, 0.15) is 22.8 Å². The van der Waals surface area contributed by atoms with Gasteiger partial charge < -0.3 is 25.1 Å². The number of methoxy groups -OCH3 is 1. The SMILES string of the molecule is COc1cc(C(O)c2cc(C)cnc2N)cc2c1OCO2. The summed E-state index contributed by atoms with van der Waals surface area (Å²) >= 11 is 0. The zero-order valence-electron chi connectivity index (χ0n) is 11.8. The van der Waals surface area contributed by atoms with Crippen molar-refractivity contribution >= 4 is 5.82 Å². The summed E-state index contributed by atoms with van der Waals surface area (Å²) in [4.78, 5) is 4.07. The largest absolute Gasteiger partial charge is 0.493 e. The molecule has 1 aliphatic heterocycles. The fraction of sp³-hybridized carbons (Fsp3) is 0.267. The molecule has 3 rings (SSSR count). The van der Waals surface area contributed by atoms with Gasteiger partial charge in [-0.25, -0.2) is 4.98 Å². The number of nitrogens with zero attached hydrogens (tertiary/aromatic N) is 1. The van der Waals surface area contributed by atoms with Crippen molar-refractivity contribution in [2.45, 2.75) is 13.0 Å². The van der Waals surface area contributed by atoms with Gasteiger partial charge in [-0.05, 0) is 36.2 Å². The number of pyridine rings is 1. The number of anilines is 1. The van der Waals surface area contributed by atoms with Gasteiger partial charge >= 0.3 is 0 Å². The number of ether oxygens (including phenoxy) is 3. The molecule has 0 radical (unpaired) electrons. The number of benzene rings is 1. The predicted molar refractivity (Wildman–Crippen MR) is 76.6 cm³/mol. The van der Waals surface area contributed by atoms with Crippen LogP contribution in [-0.4, -0.2) is 24.0 Å². The maximum absolute atomic E-state index is 10.6. The van der Waals surface area contributed by atoms with Crippen molar-refractivity contribution in [2.24, 2.45) is 0 Å². The number of aryl methyl sites for hydroxylation is 1. The fourth-order valence-electron chi connectivity index (χ4n) is 2.31. The molecule has 0 aliphatic carbocycles. The van der Waals surface area contributed by atoms with Gasteiger partial charge in [-0.1, -0.05) is 0 Å². The molecule has 0 bridgehead atoms. The number of fused-ring (bicyclic) bond motifs is 1. The first kappa shape index (κ1) is 13.5. The second-order valence-corrected chi connectivity index (χ2v) is 4.85. The monoisotopic (exact) mass is 288 g/mol. The molecule has 0 fully saturated rings. The molecule has 2 aromatic rings. The van der Waals surface area contributed by atoms with Crippen molar-refractivity contribution < 1.29 is 19.3 Å². The molecule has 6 nitrogen and oxygen atoms in total. The Balaban J connectivity index is 2.06. The number of hydrogen-bond acceptors (Lipinski definition) is 6. The first-order valence-corrected chi connectivity index (χ1v) is 6.47. The van der Waals surface area contributed by atoms with Gasteiger partial charge in [-0.2, -0.15) is 0 Å². The van der Waals surface area contributed by atoms with E-state index in [4.69, 9.17) is 19.9 Å². The molecule has 2 heterocycles. The van der Waals surface area contributed by atoms with Gasteiger partial charge in [0.2, 0.25) is 12.5 Å². The molecule has 1 aromatic heterocycles. The summed E-state index contributed by atoms with van der Waals surface area (Å²) in [5.74, 6) is 1.90. The van der Waals surface area contributed by atoms with E-state index in [1.54, 1.807) is 18.3 Å². The van der Waals surface area contributed by atoms with Crippen LogP contribution in [0, 0.1) is 6.92 Å². The van der Waals surface area contributed by atoms with Crippen LogP contribution in [-0.2, 0) is 0 Å². The molecule has 1 unspecified atom stereocenters. The summed E-state index contributed by atoms with van der Waals surface area (Å²) in [6.07, 6.45) is 0.743. The highest BCUT2D eigenvalue weighted by molar-refractivity contribution is 5.57. The number of aliphatic hydroxyl groups is 1. The van der Waals surface area contributed by atoms with Crippen LogP contribution in [0.25, 0.3) is 0 Å². The van der Waals surface area contributed by atoms with E-state index in [1.807, 2.05) is 13.0 Å². The van der Waals surface area contributed by atoms with Crippen LogP contribution < -0.4 is 19.9 Å². The Morgan fingerprint density at radius 1 is 1.33 bits per heavy atom. The maximum atomic E-state index is 10.6. The van der Waals surface area contributed by atoms with Crippen molar-refractivity contribution in [3.63, 3.8) is 0 Å². The first-order chi connectivity index (χ1) is 10.1. The van der Waals surface area contributed by atoms with Crippen LogP contribution in [0.2, 0.25) is 0 Å². The molecular weight excluding hydrogens is 272 g/mol. The summed E-state index contributed by atoms with van der Waals surface area (Å²) < 4.78 is 16.0. The number of aromatic nitrogens is 1. The molecule has 21 heavy (non-hydrogen) atoms. The van der Waals surface area contributed by atoms with Crippen LogP contribution in [0.3, 0.4) is 0 Å². The van der Waals surface area contributed by atoms with Crippen molar-refractivity contribution in [3.8, 4) is 17.2 Å². The zero-order chi connectivity index (χ0) is 15.0. The molecule has 0 spiro atoms. The Labute approximate surface area is 122 Å². The lowest BCUT2D eigenvalue weighted by Gasteiger charge is -2.15. The molecule has 6 heteroatoms. The van der Waals surface area contributed by atoms with Crippen LogP contribution in [0.4, 0.5) is 5.82 Å². The maximum Gasteiger partial charge on any atom is 0.231 e. The normalized spacial score (nSPS) is 14.0. The van der Waals surface area contributed by atoms with E-state index >= 15 is 0 Å². The average Bonchev–Trinajstić information content (AvgIpc) is 2.96. The summed E-state index contributed by atoms with van der Waals surface area (Å²) in [5.41, 5.74) is 7.93. The lowest BCUT2D eigenvalue weighted by atomic mass is 10.00. The Kier molecular flexibility index (Phi) is 3.31. The number of nitrogens with two attached hydrogens (primary N) is 1. The Hall–Kier alpha value is -2.47. The van der Waals surface area contributed by atoms with Crippen molar-refractivity contribution in [2.75, 3.05) is 19.6 Å². The first-order valence-electron chi connectivity index (χ1n) is 6.47. The van der Waals surface area contributed by atoms with E-state index in [0.717, 1.165) is 5.56 Å². The summed E-state index contributed by atoms with van der Waals surface area (Å²) in [6.45, 7) is 2.03. The molecule has 1 aromatic carbocycles. The Bertz CT molecular complexity index is 688. The topological polar surface area (TPSA) is 86.8 Å². The average molecular weight is 288 g/mol. The van der Waals surface area contributed by atoms with Gasteiger partial charge in [-0.3, -0.25) is 0 Å². The number of rotatable bonds is 3. The lowest BCUT2D eigenvalue weighted by Crippen LogP contribution is -2.06. The van der Waals surface area contributed by atoms with Gasteiger partial charge in [0, 0.05) is 11.8 Å². The minimum absolute atomic E-state index is 0.138. The van der Waals surface area contributed by atoms with Crippen molar-refractivity contribution in [3.05, 3.63) is 41.1 Å². The quantitative estimate of drug-likeness (QED) is 0.895. The van der Waals surface area contributed by atoms with E-state index in [9.17, 15) is 5.11 Å². The summed E-state index contributed by atoms with van der Waals surface area (Å²) in [5, 5.41) is 10.6. The predicted octanol–water partition coefficient (Wildman–Crippen LogP) is 1.79. The third kappa shape index (κ3) is 2.34. The van der Waals surface area contributed by atoms with E-state index in [0.29, 0.717) is 34.2 Å². The molecule has 110 valence electrons. The third-order valence-electron chi connectivity index (χ3n) is 3.38. The van der Waals surface area contributed by atoms with Gasteiger partial charge in [0.05, 0.1) is 7.11 Å². The van der Waals surface area contributed by atoms with Gasteiger partial charge in [0.15, 0.2) is 11.5 Å². The Morgan fingerprint density at radius 2 is 2.14 bits per heavy atom. The summed E-state index contributed by atoms with van der Waals surface area (Å²) in [7, 11) is 1.54. The number of aliphatic hydroxyl groups excluding tert-OH is 1. The highest BCUT2D eigenvalue weighted by Crippen LogP contribution is 2.44. The highest BCUT2D eigenvalue weighted by atomic mass is 16.7. The third-order valence-corrected chi connectivity index (χ3v) is 3.38. The molecule has 1 atom stereocenters. The zero-order valence-corrected chi connectivity index (χ0v) is 11.8. The van der Waals surface area contributed by atoms with Gasteiger partial charge in [0.25, 0.3) is 0 Å². The molecule has 0 saturated carbocycles. The Morgan fingerprint density at radius 3 is 2.90 bits per heavy atom. The van der Waals surface area contributed by atoms with Crippen molar-refractivity contribution in [1.82, 2.24) is 4.98 Å². The summed E-state index contributed by atoms with van der Waals surface area (Å²) in [6, 6.07) is 5.24. The minimum atomic E-state index is -0.916. The standard InChI is InChI=1S/C15H16N2O4/c1-8-3-10(15(16)17-6-8)13(18)9-4-11(19-2)14-12(5-9)20-7-21-14/h3-6,13,18H,7H2,1-2H3,(H2,16,17).